The molecule has 0 unspecified atom stereocenters. The van der Waals surface area contributed by atoms with Gasteiger partial charge in [0.1, 0.15) is 11.5 Å². The molecule has 9 N–H and O–H groups in total. The standard InChI is InChI=1S/C11H12N2O2S.C9H8N2O2S.C4H10O4S/c1-2-15-6-3-4-7-8(5-6)16-11(13)9(7)10(12)14;10-8(13)7-5-2-1-4(12)3-6(5)14-9(7)11;1-3-7-9(5,6)8-4-2/h3-5H,2,13H2,1H3,(H2,12,14);1-3,12H,11H2,(H2,10,13);3-4H2,1-2H3. The number of nitrogen functional groups attached to an aromatic ring is 2. The highest BCUT2D eigenvalue weighted by atomic mass is 32.3. The van der Waals surface area contributed by atoms with E-state index >= 15 is 0 Å². The van der Waals surface area contributed by atoms with Crippen LogP contribution in [0, 0.1) is 0 Å². The van der Waals surface area contributed by atoms with E-state index in [9.17, 15) is 23.1 Å². The van der Waals surface area contributed by atoms with Gasteiger partial charge in [0.05, 0.1) is 40.9 Å². The van der Waals surface area contributed by atoms with Crippen molar-refractivity contribution in [1.82, 2.24) is 0 Å². The molecule has 212 valence electrons. The topological polar surface area (TPSA) is 220 Å². The molecule has 4 rings (SSSR count). The Morgan fingerprint density at radius 1 is 0.795 bits per heavy atom. The average Bonchev–Trinajstić information content (AvgIpc) is 3.34. The molecule has 0 aliphatic carbocycles. The van der Waals surface area contributed by atoms with Crippen LogP contribution in [0.3, 0.4) is 0 Å². The monoisotopic (exact) mass is 598 g/mol. The van der Waals surface area contributed by atoms with Crippen molar-refractivity contribution in [2.24, 2.45) is 11.5 Å². The van der Waals surface area contributed by atoms with Gasteiger partial charge in [-0.25, -0.2) is 8.37 Å². The lowest BCUT2D eigenvalue weighted by molar-refractivity contribution is 0.0994. The fourth-order valence-electron chi connectivity index (χ4n) is 3.29. The maximum Gasteiger partial charge on any atom is 0.399 e. The summed E-state index contributed by atoms with van der Waals surface area (Å²) in [6.07, 6.45) is 0. The van der Waals surface area contributed by atoms with Crippen molar-refractivity contribution in [3.8, 4) is 11.5 Å². The van der Waals surface area contributed by atoms with Crippen LogP contribution in [0.4, 0.5) is 10.0 Å². The molecule has 0 radical (unpaired) electrons. The number of rotatable bonds is 8. The van der Waals surface area contributed by atoms with Crippen LogP contribution in [-0.2, 0) is 18.8 Å². The van der Waals surface area contributed by atoms with Crippen molar-refractivity contribution in [1.29, 1.82) is 0 Å². The van der Waals surface area contributed by atoms with Gasteiger partial charge < -0.3 is 32.8 Å². The number of anilines is 2. The summed E-state index contributed by atoms with van der Waals surface area (Å²) in [7, 11) is -3.68. The smallest absolute Gasteiger partial charge is 0.399 e. The van der Waals surface area contributed by atoms with Crippen LogP contribution >= 0.6 is 22.7 Å². The van der Waals surface area contributed by atoms with Crippen molar-refractivity contribution in [2.45, 2.75) is 20.8 Å². The van der Waals surface area contributed by atoms with Crippen LogP contribution in [0.25, 0.3) is 20.2 Å². The number of primary amides is 2. The van der Waals surface area contributed by atoms with E-state index in [1.165, 1.54) is 28.7 Å². The Hall–Kier alpha value is -3.63. The Balaban J connectivity index is 0.000000214. The third kappa shape index (κ3) is 8.43. The summed E-state index contributed by atoms with van der Waals surface area (Å²) < 4.78 is 36.3. The van der Waals surface area contributed by atoms with Crippen molar-refractivity contribution >= 4 is 75.1 Å². The Labute approximate surface area is 233 Å². The zero-order valence-corrected chi connectivity index (χ0v) is 23.9. The van der Waals surface area contributed by atoms with Crippen LogP contribution in [0.1, 0.15) is 41.5 Å². The van der Waals surface area contributed by atoms with E-state index in [-0.39, 0.29) is 19.0 Å². The van der Waals surface area contributed by atoms with Gasteiger partial charge in [-0.1, -0.05) is 0 Å². The molecule has 15 heteroatoms. The number of amides is 2. The van der Waals surface area contributed by atoms with Gasteiger partial charge in [0.2, 0.25) is 0 Å². The first-order valence-electron chi connectivity index (χ1n) is 11.4. The highest BCUT2D eigenvalue weighted by molar-refractivity contribution is 7.81. The normalized spacial score (nSPS) is 10.8. The first-order chi connectivity index (χ1) is 18.3. The third-order valence-electron chi connectivity index (χ3n) is 4.72. The molecule has 0 aliphatic heterocycles. The molecule has 4 aromatic rings. The molecule has 0 spiro atoms. The van der Waals surface area contributed by atoms with Crippen molar-refractivity contribution < 1.29 is 36.2 Å². The van der Waals surface area contributed by atoms with Crippen LogP contribution in [0.5, 0.6) is 11.5 Å². The van der Waals surface area contributed by atoms with Gasteiger partial charge in [0, 0.05) is 20.2 Å². The first-order valence-corrected chi connectivity index (χ1v) is 14.4. The van der Waals surface area contributed by atoms with Crippen molar-refractivity contribution in [3.63, 3.8) is 0 Å². The van der Waals surface area contributed by atoms with Crippen molar-refractivity contribution in [3.05, 3.63) is 47.5 Å². The predicted octanol–water partition coefficient (Wildman–Crippen LogP) is 3.57. The molecule has 12 nitrogen and oxygen atoms in total. The van der Waals surface area contributed by atoms with Gasteiger partial charge in [-0.05, 0) is 57.2 Å². The van der Waals surface area contributed by atoms with Gasteiger partial charge >= 0.3 is 10.4 Å². The summed E-state index contributed by atoms with van der Waals surface area (Å²) >= 11 is 2.58. The maximum atomic E-state index is 11.2. The molecule has 39 heavy (non-hydrogen) atoms. The summed E-state index contributed by atoms with van der Waals surface area (Å²) in [6.45, 7) is 5.91. The Bertz CT molecular complexity index is 1550. The number of ether oxygens (including phenoxy) is 1. The second kappa shape index (κ2) is 14.0. The number of phenols is 1. The molecule has 2 aromatic heterocycles. The summed E-state index contributed by atoms with van der Waals surface area (Å²) in [6, 6.07) is 10.2. The number of thiophene rings is 2. The molecule has 2 heterocycles. The lowest BCUT2D eigenvalue weighted by Crippen LogP contribution is -2.11. The van der Waals surface area contributed by atoms with Gasteiger partial charge in [-0.15, -0.1) is 22.7 Å². The number of fused-ring (bicyclic) bond motifs is 2. The molecule has 0 saturated heterocycles. The van der Waals surface area contributed by atoms with Crippen LogP contribution in [0.15, 0.2) is 36.4 Å². The quantitative estimate of drug-likeness (QED) is 0.198. The minimum absolute atomic E-state index is 0.113. The average molecular weight is 599 g/mol. The highest BCUT2D eigenvalue weighted by Gasteiger charge is 2.15. The van der Waals surface area contributed by atoms with Gasteiger partial charge in [0.15, 0.2) is 0 Å². The van der Waals surface area contributed by atoms with E-state index in [0.717, 1.165) is 20.5 Å². The van der Waals surface area contributed by atoms with E-state index in [4.69, 9.17) is 27.7 Å². The van der Waals surface area contributed by atoms with E-state index in [1.807, 2.05) is 25.1 Å². The van der Waals surface area contributed by atoms with Gasteiger partial charge in [0.25, 0.3) is 11.8 Å². The summed E-state index contributed by atoms with van der Waals surface area (Å²) in [5.41, 5.74) is 22.6. The number of hydrogen-bond acceptors (Lipinski definition) is 12. The number of phenolic OH excluding ortho intramolecular Hbond substituents is 1. The van der Waals surface area contributed by atoms with Crippen molar-refractivity contribution in [2.75, 3.05) is 31.3 Å². The maximum absolute atomic E-state index is 11.2. The molecule has 2 aromatic carbocycles. The fourth-order valence-corrected chi connectivity index (χ4v) is 5.95. The molecule has 0 fully saturated rings. The van der Waals surface area contributed by atoms with Crippen LogP contribution in [0.2, 0.25) is 0 Å². The molecular weight excluding hydrogens is 568 g/mol. The number of carbonyl (C=O) groups excluding carboxylic acids is 2. The zero-order chi connectivity index (χ0) is 29.3. The summed E-state index contributed by atoms with van der Waals surface area (Å²) in [5.74, 6) is -0.116. The number of benzene rings is 2. The SMILES string of the molecule is CCOS(=O)(=O)OCC.CCOc1ccc2c(C(N)=O)c(N)sc2c1.NC(=O)c1c(N)sc2cc(O)ccc12. The molecule has 0 bridgehead atoms. The predicted molar refractivity (Wildman–Crippen MR) is 155 cm³/mol. The Morgan fingerprint density at radius 2 is 1.26 bits per heavy atom. The Kier molecular flexibility index (Phi) is 11.3. The largest absolute Gasteiger partial charge is 0.508 e. The minimum atomic E-state index is -3.68. The molecular formula is C24H30N4O8S3. The van der Waals surface area contributed by atoms with E-state index < -0.39 is 22.2 Å². The Morgan fingerprint density at radius 3 is 1.69 bits per heavy atom. The summed E-state index contributed by atoms with van der Waals surface area (Å²) in [4.78, 5) is 22.3. The number of carbonyl (C=O) groups is 2. The third-order valence-corrected chi connectivity index (χ3v) is 7.73. The highest BCUT2D eigenvalue weighted by Crippen LogP contribution is 2.36. The molecule has 0 saturated carbocycles. The van der Waals surface area contributed by atoms with Crippen LogP contribution < -0.4 is 27.7 Å². The zero-order valence-electron chi connectivity index (χ0n) is 21.4. The lowest BCUT2D eigenvalue weighted by atomic mass is 10.1. The summed E-state index contributed by atoms with van der Waals surface area (Å²) in [5, 5.41) is 11.5. The van der Waals surface area contributed by atoms with E-state index in [1.54, 1.807) is 26.0 Å². The van der Waals surface area contributed by atoms with E-state index in [0.29, 0.717) is 33.1 Å². The number of hydrogen-bond donors (Lipinski definition) is 5. The van der Waals surface area contributed by atoms with Crippen LogP contribution in [-0.4, -0.2) is 45.2 Å². The van der Waals surface area contributed by atoms with Gasteiger partial charge in [-0.3, -0.25) is 9.59 Å². The number of nitrogens with two attached hydrogens (primary N) is 4. The minimum Gasteiger partial charge on any atom is -0.508 e. The second-order valence-electron chi connectivity index (χ2n) is 7.40. The van der Waals surface area contributed by atoms with Gasteiger partial charge in [-0.2, -0.15) is 8.42 Å². The lowest BCUT2D eigenvalue weighted by Gasteiger charge is -2.02. The molecule has 0 aliphatic rings. The van der Waals surface area contributed by atoms with E-state index in [2.05, 4.69) is 8.37 Å². The first kappa shape index (κ1) is 31.6. The number of aromatic hydroxyl groups is 1. The molecule has 0 atom stereocenters. The molecule has 2 amide bonds. The second-order valence-corrected chi connectivity index (χ2v) is 10.9. The fraction of sp³-hybridized carbons (Fsp3) is 0.250.